The molecular weight excluding hydrogens is 313 g/mol. The zero-order valence-electron chi connectivity index (χ0n) is 10.4. The second-order valence-electron chi connectivity index (χ2n) is 4.02. The molecule has 0 N–H and O–H groups in total. The fraction of sp³-hybridized carbons (Fsp3) is 0.214. The minimum absolute atomic E-state index is 0.161. The summed E-state index contributed by atoms with van der Waals surface area (Å²) < 4.78 is 18.7. The summed E-state index contributed by atoms with van der Waals surface area (Å²) in [6.07, 6.45) is 1.57. The van der Waals surface area contributed by atoms with Crippen molar-refractivity contribution in [2.24, 2.45) is 0 Å². The number of hydrogen-bond acceptors (Lipinski definition) is 2. The average molecular weight is 326 g/mol. The Kier molecular flexibility index (Phi) is 4.37. The van der Waals surface area contributed by atoms with E-state index in [1.807, 2.05) is 13.0 Å². The van der Waals surface area contributed by atoms with Gasteiger partial charge < -0.3 is 9.32 Å². The van der Waals surface area contributed by atoms with E-state index in [0.29, 0.717) is 28.9 Å². The molecule has 0 aliphatic heterocycles. The van der Waals surface area contributed by atoms with Crippen LogP contribution in [0.4, 0.5) is 4.39 Å². The van der Waals surface area contributed by atoms with Crippen LogP contribution in [0.15, 0.2) is 45.5 Å². The molecule has 1 amide bonds. The Balaban J connectivity index is 2.20. The quantitative estimate of drug-likeness (QED) is 0.855. The maximum absolute atomic E-state index is 13.0. The summed E-state index contributed by atoms with van der Waals surface area (Å²) in [7, 11) is 0. The molecule has 100 valence electrons. The number of carbonyl (C=O) groups excluding carboxylic acids is 1. The van der Waals surface area contributed by atoms with Gasteiger partial charge in [-0.25, -0.2) is 4.39 Å². The van der Waals surface area contributed by atoms with Gasteiger partial charge in [0.1, 0.15) is 11.6 Å². The molecule has 0 aliphatic carbocycles. The Morgan fingerprint density at radius 3 is 2.79 bits per heavy atom. The van der Waals surface area contributed by atoms with Gasteiger partial charge >= 0.3 is 0 Å². The molecule has 2 aromatic rings. The van der Waals surface area contributed by atoms with E-state index in [9.17, 15) is 9.18 Å². The van der Waals surface area contributed by atoms with Gasteiger partial charge in [0.25, 0.3) is 5.91 Å². The number of hydrogen-bond donors (Lipinski definition) is 0. The van der Waals surface area contributed by atoms with Gasteiger partial charge in [-0.2, -0.15) is 0 Å². The molecule has 0 aliphatic rings. The Labute approximate surface area is 119 Å². The van der Waals surface area contributed by atoms with Gasteiger partial charge in [-0.05, 0) is 53.2 Å². The topological polar surface area (TPSA) is 33.5 Å². The normalized spacial score (nSPS) is 10.5. The highest BCUT2D eigenvalue weighted by molar-refractivity contribution is 9.10. The zero-order valence-corrected chi connectivity index (χ0v) is 12.0. The monoisotopic (exact) mass is 325 g/mol. The summed E-state index contributed by atoms with van der Waals surface area (Å²) in [5, 5.41) is 0. The number of carbonyl (C=O) groups is 1. The Morgan fingerprint density at radius 1 is 1.42 bits per heavy atom. The number of rotatable bonds is 4. The van der Waals surface area contributed by atoms with Gasteiger partial charge in [0.05, 0.1) is 18.4 Å². The molecule has 0 bridgehead atoms. The minimum atomic E-state index is -0.377. The lowest BCUT2D eigenvalue weighted by atomic mass is 10.2. The summed E-state index contributed by atoms with van der Waals surface area (Å²) in [6, 6.07) is 7.64. The molecule has 19 heavy (non-hydrogen) atoms. The van der Waals surface area contributed by atoms with E-state index >= 15 is 0 Å². The molecule has 0 radical (unpaired) electrons. The summed E-state index contributed by atoms with van der Waals surface area (Å²) in [5.41, 5.74) is 0.440. The van der Waals surface area contributed by atoms with Gasteiger partial charge in [0.2, 0.25) is 0 Å². The van der Waals surface area contributed by atoms with Crippen LogP contribution in [0.2, 0.25) is 0 Å². The molecular formula is C14H13BrFNO2. The smallest absolute Gasteiger partial charge is 0.255 e. The van der Waals surface area contributed by atoms with Gasteiger partial charge in [-0.3, -0.25) is 4.79 Å². The highest BCUT2D eigenvalue weighted by Gasteiger charge is 2.18. The lowest BCUT2D eigenvalue weighted by Gasteiger charge is -2.20. The standard InChI is InChI=1S/C14H13BrFNO2/c1-2-17(9-11-4-3-7-19-11)14(18)12-6-5-10(16)8-13(12)15/h3-8H,2,9H2,1H3. The molecule has 0 atom stereocenters. The predicted octanol–water partition coefficient (Wildman–Crippen LogP) is 3.84. The van der Waals surface area contributed by atoms with E-state index in [1.54, 1.807) is 17.2 Å². The van der Waals surface area contributed by atoms with Crippen molar-refractivity contribution in [2.45, 2.75) is 13.5 Å². The van der Waals surface area contributed by atoms with Crippen LogP contribution in [0, 0.1) is 5.82 Å². The van der Waals surface area contributed by atoms with Crippen molar-refractivity contribution >= 4 is 21.8 Å². The first-order valence-corrected chi connectivity index (χ1v) is 6.68. The second-order valence-corrected chi connectivity index (χ2v) is 4.88. The largest absolute Gasteiger partial charge is 0.467 e. The molecule has 1 aromatic carbocycles. The Hall–Kier alpha value is -1.62. The van der Waals surface area contributed by atoms with Crippen molar-refractivity contribution in [2.75, 3.05) is 6.54 Å². The fourth-order valence-corrected chi connectivity index (χ4v) is 2.27. The molecule has 1 heterocycles. The van der Waals surface area contributed by atoms with Crippen LogP contribution >= 0.6 is 15.9 Å². The fourth-order valence-electron chi connectivity index (χ4n) is 1.75. The Bertz CT molecular complexity index is 569. The average Bonchev–Trinajstić information content (AvgIpc) is 2.88. The first kappa shape index (κ1) is 13.8. The first-order valence-electron chi connectivity index (χ1n) is 5.88. The van der Waals surface area contributed by atoms with Crippen LogP contribution in [0.5, 0.6) is 0 Å². The predicted molar refractivity (Wildman–Crippen MR) is 73.2 cm³/mol. The van der Waals surface area contributed by atoms with Crippen molar-refractivity contribution in [3.05, 3.63) is 58.2 Å². The molecule has 0 spiro atoms. The van der Waals surface area contributed by atoms with Crippen molar-refractivity contribution in [3.63, 3.8) is 0 Å². The lowest BCUT2D eigenvalue weighted by molar-refractivity contribution is 0.0740. The number of benzene rings is 1. The first-order chi connectivity index (χ1) is 9.11. The number of halogens is 2. The SMILES string of the molecule is CCN(Cc1ccco1)C(=O)c1ccc(F)cc1Br. The maximum atomic E-state index is 13.0. The summed E-state index contributed by atoms with van der Waals surface area (Å²) in [5.74, 6) is 0.178. The lowest BCUT2D eigenvalue weighted by Crippen LogP contribution is -2.30. The van der Waals surface area contributed by atoms with Crippen molar-refractivity contribution in [1.29, 1.82) is 0 Å². The highest BCUT2D eigenvalue weighted by Crippen LogP contribution is 2.20. The van der Waals surface area contributed by atoms with Crippen LogP contribution in [0.25, 0.3) is 0 Å². The van der Waals surface area contributed by atoms with Gasteiger partial charge in [0.15, 0.2) is 0 Å². The van der Waals surface area contributed by atoms with Gasteiger partial charge in [0, 0.05) is 11.0 Å². The van der Waals surface area contributed by atoms with E-state index in [4.69, 9.17) is 4.42 Å². The third-order valence-corrected chi connectivity index (χ3v) is 3.41. The van der Waals surface area contributed by atoms with Crippen LogP contribution < -0.4 is 0 Å². The van der Waals surface area contributed by atoms with E-state index < -0.39 is 0 Å². The number of nitrogens with zero attached hydrogens (tertiary/aromatic N) is 1. The van der Waals surface area contributed by atoms with Crippen LogP contribution in [-0.4, -0.2) is 17.4 Å². The summed E-state index contributed by atoms with van der Waals surface area (Å²) in [4.78, 5) is 14.0. The Morgan fingerprint density at radius 2 is 2.21 bits per heavy atom. The van der Waals surface area contributed by atoms with E-state index in [0.717, 1.165) is 0 Å². The second kappa shape index (κ2) is 6.02. The van der Waals surface area contributed by atoms with Gasteiger partial charge in [-0.1, -0.05) is 0 Å². The third-order valence-electron chi connectivity index (χ3n) is 2.76. The van der Waals surface area contributed by atoms with E-state index in [2.05, 4.69) is 15.9 Å². The van der Waals surface area contributed by atoms with E-state index in [1.165, 1.54) is 18.2 Å². The number of amides is 1. The molecule has 1 aromatic heterocycles. The molecule has 2 rings (SSSR count). The molecule has 5 heteroatoms. The molecule has 3 nitrogen and oxygen atoms in total. The van der Waals surface area contributed by atoms with Crippen molar-refractivity contribution < 1.29 is 13.6 Å². The maximum Gasteiger partial charge on any atom is 0.255 e. The van der Waals surface area contributed by atoms with Crippen LogP contribution in [-0.2, 0) is 6.54 Å². The third kappa shape index (κ3) is 3.23. The number of furan rings is 1. The summed E-state index contributed by atoms with van der Waals surface area (Å²) in [6.45, 7) is 2.83. The molecule has 0 saturated heterocycles. The van der Waals surface area contributed by atoms with Crippen LogP contribution in [0.3, 0.4) is 0 Å². The van der Waals surface area contributed by atoms with E-state index in [-0.39, 0.29) is 11.7 Å². The molecule has 0 fully saturated rings. The van der Waals surface area contributed by atoms with Crippen LogP contribution in [0.1, 0.15) is 23.0 Å². The van der Waals surface area contributed by atoms with Crippen molar-refractivity contribution in [3.8, 4) is 0 Å². The minimum Gasteiger partial charge on any atom is -0.467 e. The molecule has 0 saturated carbocycles. The zero-order chi connectivity index (χ0) is 13.8. The molecule has 0 unspecified atom stereocenters. The van der Waals surface area contributed by atoms with Crippen molar-refractivity contribution in [1.82, 2.24) is 4.90 Å². The summed E-state index contributed by atoms with van der Waals surface area (Å²) >= 11 is 3.21. The highest BCUT2D eigenvalue weighted by atomic mass is 79.9. The van der Waals surface area contributed by atoms with Gasteiger partial charge in [-0.15, -0.1) is 0 Å².